The standard InChI is InChI=1S/C20H16O2S/c1-14-6-8-19(9-7-14)23(21,22)20-12-17-10-15-4-2-3-5-16(15)11-18(17)13-20/h2-12H,13H2,1H3. The first-order chi connectivity index (χ1) is 11.0. The minimum atomic E-state index is -3.42. The minimum absolute atomic E-state index is 0.367. The third-order valence-electron chi connectivity index (χ3n) is 4.37. The summed E-state index contributed by atoms with van der Waals surface area (Å²) in [7, 11) is -3.42. The average molecular weight is 320 g/mol. The van der Waals surface area contributed by atoms with Crippen LogP contribution in [0.5, 0.6) is 0 Å². The zero-order valence-electron chi connectivity index (χ0n) is 12.8. The van der Waals surface area contributed by atoms with Gasteiger partial charge in [-0.2, -0.15) is 0 Å². The molecule has 0 bridgehead atoms. The van der Waals surface area contributed by atoms with Crippen LogP contribution in [0.4, 0.5) is 0 Å². The van der Waals surface area contributed by atoms with E-state index in [0.29, 0.717) is 16.2 Å². The molecule has 0 heterocycles. The van der Waals surface area contributed by atoms with E-state index in [0.717, 1.165) is 27.5 Å². The number of benzene rings is 3. The number of rotatable bonds is 2. The average Bonchev–Trinajstić information content (AvgIpc) is 2.96. The van der Waals surface area contributed by atoms with Crippen LogP contribution in [-0.2, 0) is 16.3 Å². The van der Waals surface area contributed by atoms with Gasteiger partial charge in [0, 0.05) is 6.42 Å². The van der Waals surface area contributed by atoms with Crippen molar-refractivity contribution in [3.05, 3.63) is 82.3 Å². The largest absolute Gasteiger partial charge is 0.219 e. The summed E-state index contributed by atoms with van der Waals surface area (Å²) in [4.78, 5) is 0.846. The number of hydrogen-bond donors (Lipinski definition) is 0. The van der Waals surface area contributed by atoms with Crippen LogP contribution in [0.2, 0.25) is 0 Å². The minimum Gasteiger partial charge on any atom is -0.219 e. The molecule has 0 fully saturated rings. The molecule has 0 radical (unpaired) electrons. The van der Waals surface area contributed by atoms with Crippen molar-refractivity contribution >= 4 is 26.7 Å². The zero-order chi connectivity index (χ0) is 16.0. The first-order valence-electron chi connectivity index (χ1n) is 7.58. The van der Waals surface area contributed by atoms with Crippen molar-refractivity contribution < 1.29 is 8.42 Å². The molecule has 23 heavy (non-hydrogen) atoms. The molecule has 0 unspecified atom stereocenters. The van der Waals surface area contributed by atoms with E-state index in [1.165, 1.54) is 0 Å². The summed E-state index contributed by atoms with van der Waals surface area (Å²) in [5.74, 6) is 0. The molecule has 1 aliphatic rings. The topological polar surface area (TPSA) is 34.1 Å². The molecule has 0 atom stereocenters. The van der Waals surface area contributed by atoms with Gasteiger partial charge in [-0.15, -0.1) is 0 Å². The number of hydrogen-bond acceptors (Lipinski definition) is 2. The van der Waals surface area contributed by atoms with Crippen molar-refractivity contribution in [1.29, 1.82) is 0 Å². The van der Waals surface area contributed by atoms with Crippen LogP contribution in [0, 0.1) is 6.92 Å². The predicted octanol–water partition coefficient (Wildman–Crippen LogP) is 4.52. The number of fused-ring (bicyclic) bond motifs is 2. The third-order valence-corrected chi connectivity index (χ3v) is 6.21. The number of allylic oxidation sites excluding steroid dienone is 1. The molecule has 3 aromatic carbocycles. The van der Waals surface area contributed by atoms with E-state index in [2.05, 4.69) is 24.3 Å². The molecule has 0 spiro atoms. The van der Waals surface area contributed by atoms with Gasteiger partial charge in [-0.1, -0.05) is 48.0 Å². The van der Waals surface area contributed by atoms with Crippen molar-refractivity contribution in [2.45, 2.75) is 18.2 Å². The highest BCUT2D eigenvalue weighted by atomic mass is 32.2. The second-order valence-electron chi connectivity index (χ2n) is 6.00. The summed E-state index contributed by atoms with van der Waals surface area (Å²) < 4.78 is 25.7. The molecule has 0 aromatic heterocycles. The van der Waals surface area contributed by atoms with Gasteiger partial charge in [0.1, 0.15) is 0 Å². The second kappa shape index (κ2) is 5.07. The van der Waals surface area contributed by atoms with E-state index in [-0.39, 0.29) is 0 Å². The maximum atomic E-state index is 12.8. The third kappa shape index (κ3) is 2.37. The highest BCUT2D eigenvalue weighted by molar-refractivity contribution is 7.95. The van der Waals surface area contributed by atoms with Gasteiger partial charge in [0.2, 0.25) is 9.84 Å². The summed E-state index contributed by atoms with van der Waals surface area (Å²) >= 11 is 0. The Bertz CT molecular complexity index is 1040. The van der Waals surface area contributed by atoms with Crippen molar-refractivity contribution in [2.24, 2.45) is 0 Å². The van der Waals surface area contributed by atoms with Crippen LogP contribution in [0.25, 0.3) is 16.8 Å². The Morgan fingerprint density at radius 3 is 2.22 bits per heavy atom. The van der Waals surface area contributed by atoms with Crippen molar-refractivity contribution in [1.82, 2.24) is 0 Å². The van der Waals surface area contributed by atoms with Gasteiger partial charge < -0.3 is 0 Å². The summed E-state index contributed by atoms with van der Waals surface area (Å²) in [6, 6.07) is 19.3. The summed E-state index contributed by atoms with van der Waals surface area (Å²) in [6.07, 6.45) is 2.29. The zero-order valence-corrected chi connectivity index (χ0v) is 13.6. The molecule has 0 saturated carbocycles. The van der Waals surface area contributed by atoms with Gasteiger partial charge in [0.25, 0.3) is 0 Å². The van der Waals surface area contributed by atoms with Gasteiger partial charge in [0.15, 0.2) is 0 Å². The lowest BCUT2D eigenvalue weighted by Gasteiger charge is -2.06. The van der Waals surface area contributed by atoms with Gasteiger partial charge in [-0.25, -0.2) is 8.42 Å². The Kier molecular flexibility index (Phi) is 3.13. The SMILES string of the molecule is Cc1ccc(S(=O)(=O)C2=Cc3cc4ccccc4cc3C2)cc1. The Morgan fingerprint density at radius 1 is 0.870 bits per heavy atom. The van der Waals surface area contributed by atoms with Gasteiger partial charge in [0.05, 0.1) is 9.80 Å². The molecule has 0 N–H and O–H groups in total. The van der Waals surface area contributed by atoms with E-state index in [4.69, 9.17) is 0 Å². The summed E-state index contributed by atoms with van der Waals surface area (Å²) in [6.45, 7) is 1.95. The van der Waals surface area contributed by atoms with Crippen LogP contribution in [-0.4, -0.2) is 8.42 Å². The molecule has 0 saturated heterocycles. The van der Waals surface area contributed by atoms with Crippen molar-refractivity contribution in [2.75, 3.05) is 0 Å². The Labute approximate surface area is 136 Å². The Balaban J connectivity index is 1.79. The number of aryl methyl sites for hydroxylation is 1. The molecule has 3 heteroatoms. The molecular weight excluding hydrogens is 304 g/mol. The first-order valence-corrected chi connectivity index (χ1v) is 9.06. The maximum absolute atomic E-state index is 12.8. The Morgan fingerprint density at radius 2 is 1.52 bits per heavy atom. The molecule has 0 amide bonds. The van der Waals surface area contributed by atoms with Crippen molar-refractivity contribution in [3.8, 4) is 0 Å². The van der Waals surface area contributed by atoms with Gasteiger partial charge in [-0.05, 0) is 53.1 Å². The van der Waals surface area contributed by atoms with Crippen LogP contribution < -0.4 is 0 Å². The van der Waals surface area contributed by atoms with Crippen LogP contribution >= 0.6 is 0 Å². The highest BCUT2D eigenvalue weighted by Crippen LogP contribution is 2.34. The second-order valence-corrected chi connectivity index (χ2v) is 8.00. The van der Waals surface area contributed by atoms with Crippen LogP contribution in [0.1, 0.15) is 16.7 Å². The molecule has 0 aliphatic heterocycles. The quantitative estimate of drug-likeness (QED) is 0.696. The lowest BCUT2D eigenvalue weighted by Crippen LogP contribution is -2.04. The summed E-state index contributed by atoms with van der Waals surface area (Å²) in [5, 5.41) is 2.28. The first kappa shape index (κ1) is 14.2. The molecular formula is C20H16O2S. The lowest BCUT2D eigenvalue weighted by molar-refractivity contribution is 0.601. The van der Waals surface area contributed by atoms with E-state index in [1.807, 2.05) is 37.3 Å². The number of sulfone groups is 1. The fourth-order valence-electron chi connectivity index (χ4n) is 3.05. The van der Waals surface area contributed by atoms with E-state index in [1.54, 1.807) is 12.1 Å². The van der Waals surface area contributed by atoms with Crippen molar-refractivity contribution in [3.63, 3.8) is 0 Å². The van der Waals surface area contributed by atoms with E-state index < -0.39 is 9.84 Å². The monoisotopic (exact) mass is 320 g/mol. The molecule has 114 valence electrons. The van der Waals surface area contributed by atoms with E-state index >= 15 is 0 Å². The molecule has 2 nitrogen and oxygen atoms in total. The fourth-order valence-corrected chi connectivity index (χ4v) is 4.47. The van der Waals surface area contributed by atoms with Gasteiger partial charge in [-0.3, -0.25) is 0 Å². The maximum Gasteiger partial charge on any atom is 0.203 e. The van der Waals surface area contributed by atoms with Gasteiger partial charge >= 0.3 is 0 Å². The molecule has 1 aliphatic carbocycles. The predicted molar refractivity (Wildman–Crippen MR) is 94.0 cm³/mol. The molecule has 4 rings (SSSR count). The summed E-state index contributed by atoms with van der Waals surface area (Å²) in [5.41, 5.74) is 3.14. The smallest absolute Gasteiger partial charge is 0.203 e. The normalized spacial score (nSPS) is 13.9. The van der Waals surface area contributed by atoms with Crippen LogP contribution in [0.3, 0.4) is 0 Å². The fraction of sp³-hybridized carbons (Fsp3) is 0.100. The molecule has 3 aromatic rings. The lowest BCUT2D eigenvalue weighted by atomic mass is 10.0. The highest BCUT2D eigenvalue weighted by Gasteiger charge is 2.25. The Hall–Kier alpha value is -2.39. The van der Waals surface area contributed by atoms with E-state index in [9.17, 15) is 8.42 Å². The van der Waals surface area contributed by atoms with Crippen LogP contribution in [0.15, 0.2) is 70.5 Å².